The molecule has 7 nitrogen and oxygen atoms in total. The highest BCUT2D eigenvalue weighted by Crippen LogP contribution is 2.30. The quantitative estimate of drug-likeness (QED) is 0.444. The Kier molecular flexibility index (Phi) is 7.57. The van der Waals surface area contributed by atoms with E-state index in [9.17, 15) is 4.79 Å². The first-order valence-electron chi connectivity index (χ1n) is 10.8. The number of aryl methyl sites for hydroxylation is 2. The van der Waals surface area contributed by atoms with Crippen molar-refractivity contribution in [2.24, 2.45) is 0 Å². The molecule has 0 radical (unpaired) electrons. The molecule has 1 atom stereocenters. The normalized spacial score (nSPS) is 15.6. The molecule has 1 fully saturated rings. The molecule has 3 aromatic rings. The molecule has 33 heavy (non-hydrogen) atoms. The lowest BCUT2D eigenvalue weighted by molar-refractivity contribution is -0.113. The molecule has 1 aromatic heterocycles. The van der Waals surface area contributed by atoms with E-state index in [1.807, 2.05) is 54.8 Å². The third-order valence-corrected chi connectivity index (χ3v) is 6.77. The number of anilines is 1. The van der Waals surface area contributed by atoms with Crippen molar-refractivity contribution in [1.82, 2.24) is 14.8 Å². The zero-order valence-corrected chi connectivity index (χ0v) is 20.5. The molecule has 0 bridgehead atoms. The van der Waals surface area contributed by atoms with Gasteiger partial charge in [0.05, 0.1) is 36.2 Å². The third-order valence-electron chi connectivity index (χ3n) is 5.50. The topological polar surface area (TPSA) is 78.3 Å². The van der Waals surface area contributed by atoms with Gasteiger partial charge in [0, 0.05) is 12.2 Å². The Morgan fingerprint density at radius 2 is 2.06 bits per heavy atom. The SMILES string of the molecule is COc1ccc(-c2nnc(SCC(=O)Nc3c(C)cc(C)cc3Cl)n2CC2CCCO2)cc1. The molecule has 1 amide bonds. The minimum absolute atomic E-state index is 0.111. The first kappa shape index (κ1) is 23.6. The molecule has 174 valence electrons. The Balaban J connectivity index is 1.51. The average molecular weight is 487 g/mol. The van der Waals surface area contributed by atoms with Crippen LogP contribution in [-0.2, 0) is 16.1 Å². The van der Waals surface area contributed by atoms with Crippen LogP contribution in [0, 0.1) is 13.8 Å². The zero-order valence-electron chi connectivity index (χ0n) is 18.9. The Hall–Kier alpha value is -2.55. The highest BCUT2D eigenvalue weighted by molar-refractivity contribution is 7.99. The van der Waals surface area contributed by atoms with Crippen molar-refractivity contribution in [3.63, 3.8) is 0 Å². The van der Waals surface area contributed by atoms with Gasteiger partial charge in [0.15, 0.2) is 11.0 Å². The van der Waals surface area contributed by atoms with Crippen molar-refractivity contribution >= 4 is 35.0 Å². The predicted molar refractivity (Wildman–Crippen MR) is 131 cm³/mol. The standard InChI is InChI=1S/C24H27ClN4O3S/c1-15-11-16(2)22(20(25)12-15)26-21(30)14-33-24-28-27-23(17-6-8-18(31-3)9-7-17)29(24)13-19-5-4-10-32-19/h6-9,11-12,19H,4-5,10,13-14H2,1-3H3,(H,26,30). The van der Waals surface area contributed by atoms with Crippen molar-refractivity contribution < 1.29 is 14.3 Å². The summed E-state index contributed by atoms with van der Waals surface area (Å²) in [5.74, 6) is 1.57. The second-order valence-electron chi connectivity index (χ2n) is 8.06. The van der Waals surface area contributed by atoms with Crippen molar-refractivity contribution in [2.75, 3.05) is 24.8 Å². The number of amides is 1. The first-order chi connectivity index (χ1) is 15.9. The fourth-order valence-electron chi connectivity index (χ4n) is 3.89. The largest absolute Gasteiger partial charge is 0.497 e. The van der Waals surface area contributed by atoms with E-state index in [1.54, 1.807) is 7.11 Å². The number of halogens is 1. The van der Waals surface area contributed by atoms with E-state index < -0.39 is 0 Å². The van der Waals surface area contributed by atoms with Gasteiger partial charge >= 0.3 is 0 Å². The molecular formula is C24H27ClN4O3S. The molecular weight excluding hydrogens is 460 g/mol. The number of rotatable bonds is 8. The number of ether oxygens (including phenoxy) is 2. The van der Waals surface area contributed by atoms with Crippen LogP contribution in [0.1, 0.15) is 24.0 Å². The summed E-state index contributed by atoms with van der Waals surface area (Å²) in [6, 6.07) is 11.5. The van der Waals surface area contributed by atoms with Gasteiger partial charge in [-0.25, -0.2) is 0 Å². The van der Waals surface area contributed by atoms with E-state index in [4.69, 9.17) is 21.1 Å². The maximum atomic E-state index is 12.7. The fraction of sp³-hybridized carbons (Fsp3) is 0.375. The summed E-state index contributed by atoms with van der Waals surface area (Å²) in [4.78, 5) is 12.7. The molecule has 2 aromatic carbocycles. The monoisotopic (exact) mass is 486 g/mol. The van der Waals surface area contributed by atoms with Crippen molar-refractivity contribution in [3.8, 4) is 17.1 Å². The smallest absolute Gasteiger partial charge is 0.234 e. The van der Waals surface area contributed by atoms with Crippen LogP contribution in [0.5, 0.6) is 5.75 Å². The molecule has 1 saturated heterocycles. The number of carbonyl (C=O) groups excluding carboxylic acids is 1. The fourth-order valence-corrected chi connectivity index (χ4v) is 5.00. The number of carbonyl (C=O) groups is 1. The van der Waals surface area contributed by atoms with Crippen LogP contribution in [0.4, 0.5) is 5.69 Å². The number of benzene rings is 2. The number of nitrogens with one attached hydrogen (secondary N) is 1. The Morgan fingerprint density at radius 3 is 2.73 bits per heavy atom. The maximum absolute atomic E-state index is 12.7. The van der Waals surface area contributed by atoms with Gasteiger partial charge in [-0.2, -0.15) is 0 Å². The first-order valence-corrected chi connectivity index (χ1v) is 12.2. The lowest BCUT2D eigenvalue weighted by Crippen LogP contribution is -2.18. The highest BCUT2D eigenvalue weighted by atomic mass is 35.5. The van der Waals surface area contributed by atoms with Crippen molar-refractivity contribution in [1.29, 1.82) is 0 Å². The van der Waals surface area contributed by atoms with E-state index in [2.05, 4.69) is 15.5 Å². The van der Waals surface area contributed by atoms with Gasteiger partial charge < -0.3 is 14.8 Å². The molecule has 9 heteroatoms. The number of aromatic nitrogens is 3. The summed E-state index contributed by atoms with van der Waals surface area (Å²) in [5.41, 5.74) is 3.56. The Morgan fingerprint density at radius 1 is 1.27 bits per heavy atom. The van der Waals surface area contributed by atoms with Crippen LogP contribution in [0.25, 0.3) is 11.4 Å². The predicted octanol–water partition coefficient (Wildman–Crippen LogP) is 5.13. The van der Waals surface area contributed by atoms with Gasteiger partial charge in [0.2, 0.25) is 5.91 Å². The summed E-state index contributed by atoms with van der Waals surface area (Å²) in [6.45, 7) is 5.32. The van der Waals surface area contributed by atoms with Gasteiger partial charge in [-0.05, 0) is 68.1 Å². The third kappa shape index (κ3) is 5.69. The van der Waals surface area contributed by atoms with Crippen molar-refractivity contribution in [3.05, 3.63) is 52.5 Å². The maximum Gasteiger partial charge on any atom is 0.234 e. The molecule has 0 spiro atoms. The van der Waals surface area contributed by atoms with E-state index >= 15 is 0 Å². The molecule has 0 saturated carbocycles. The van der Waals surface area contributed by atoms with Crippen LogP contribution >= 0.6 is 23.4 Å². The summed E-state index contributed by atoms with van der Waals surface area (Å²) < 4.78 is 13.2. The second kappa shape index (κ2) is 10.6. The van der Waals surface area contributed by atoms with Crippen LogP contribution in [-0.4, -0.2) is 46.2 Å². The van der Waals surface area contributed by atoms with Gasteiger partial charge in [0.25, 0.3) is 0 Å². The minimum Gasteiger partial charge on any atom is -0.497 e. The molecule has 2 heterocycles. The van der Waals surface area contributed by atoms with Crippen LogP contribution in [0.15, 0.2) is 41.6 Å². The lowest BCUT2D eigenvalue weighted by atomic mass is 10.1. The zero-order chi connectivity index (χ0) is 23.4. The van der Waals surface area contributed by atoms with E-state index in [1.165, 1.54) is 11.8 Å². The van der Waals surface area contributed by atoms with Gasteiger partial charge in [0.1, 0.15) is 5.75 Å². The minimum atomic E-state index is -0.147. The molecule has 0 aliphatic carbocycles. The van der Waals surface area contributed by atoms with Gasteiger partial charge in [-0.1, -0.05) is 29.4 Å². The van der Waals surface area contributed by atoms with Crippen molar-refractivity contribution in [2.45, 2.75) is 44.5 Å². The summed E-state index contributed by atoms with van der Waals surface area (Å²) in [7, 11) is 1.64. The second-order valence-corrected chi connectivity index (χ2v) is 9.41. The van der Waals surface area contributed by atoms with E-state index in [-0.39, 0.29) is 17.8 Å². The van der Waals surface area contributed by atoms with Gasteiger partial charge in [-0.3, -0.25) is 9.36 Å². The van der Waals surface area contributed by atoms with Crippen LogP contribution in [0.2, 0.25) is 5.02 Å². The summed E-state index contributed by atoms with van der Waals surface area (Å²) in [5, 5.41) is 13.0. The van der Waals surface area contributed by atoms with E-state index in [0.717, 1.165) is 47.7 Å². The van der Waals surface area contributed by atoms with Gasteiger partial charge in [-0.15, -0.1) is 10.2 Å². The highest BCUT2D eigenvalue weighted by Gasteiger charge is 2.22. The summed E-state index contributed by atoms with van der Waals surface area (Å²) in [6.07, 6.45) is 2.16. The Bertz CT molecular complexity index is 1100. The average Bonchev–Trinajstić information content (AvgIpc) is 3.45. The number of methoxy groups -OCH3 is 1. The van der Waals surface area contributed by atoms with E-state index in [0.29, 0.717) is 22.4 Å². The number of hydrogen-bond acceptors (Lipinski definition) is 6. The molecule has 1 aliphatic rings. The molecule has 1 N–H and O–H groups in total. The number of nitrogens with zero attached hydrogens (tertiary/aromatic N) is 3. The van der Waals surface area contributed by atoms with Crippen LogP contribution in [0.3, 0.4) is 0 Å². The molecule has 1 aliphatic heterocycles. The number of hydrogen-bond donors (Lipinski definition) is 1. The molecule has 1 unspecified atom stereocenters. The van der Waals surface area contributed by atoms with Crippen LogP contribution < -0.4 is 10.1 Å². The lowest BCUT2D eigenvalue weighted by Gasteiger charge is -2.15. The number of thioether (sulfide) groups is 1. The molecule has 4 rings (SSSR count). The Labute approximate surface area is 202 Å². The summed E-state index contributed by atoms with van der Waals surface area (Å²) >= 11 is 7.69.